The minimum Gasteiger partial charge on any atom is -0.383 e. The van der Waals surface area contributed by atoms with Gasteiger partial charge in [-0.3, -0.25) is 4.98 Å². The first-order chi connectivity index (χ1) is 10.4. The van der Waals surface area contributed by atoms with Crippen molar-refractivity contribution in [2.75, 3.05) is 11.9 Å². The Morgan fingerprint density at radius 2 is 1.77 bits per heavy atom. The molecular weight excluding hydrogens is 289 g/mol. The van der Waals surface area contributed by atoms with Crippen molar-refractivity contribution in [3.05, 3.63) is 47.7 Å². The van der Waals surface area contributed by atoms with Gasteiger partial charge >= 0.3 is 6.18 Å². The summed E-state index contributed by atoms with van der Waals surface area (Å²) in [4.78, 5) is 4.67. The van der Waals surface area contributed by atoms with Crippen LogP contribution in [0.15, 0.2) is 36.4 Å². The van der Waals surface area contributed by atoms with Gasteiger partial charge in [0.2, 0.25) is 0 Å². The Kier molecular flexibility index (Phi) is 3.59. The second kappa shape index (κ2) is 5.30. The lowest BCUT2D eigenvalue weighted by molar-refractivity contribution is -0.137. The molecule has 5 heteroatoms. The Labute approximate surface area is 127 Å². The second-order valence-corrected chi connectivity index (χ2v) is 5.94. The van der Waals surface area contributed by atoms with Crippen LogP contribution in [0.5, 0.6) is 0 Å². The van der Waals surface area contributed by atoms with Crippen LogP contribution in [-0.2, 0) is 6.18 Å². The number of anilines is 1. The molecule has 1 aromatic heterocycles. The number of fused-ring (bicyclic) bond motifs is 1. The standard InChI is InChI=1S/C17H17F3N2/c1-10(2)13-9-21-15-8-7-14(22-16(13)15)11-3-5-12(6-4-11)17(18,19)20/h3-8,10,13,21H,9H2,1-2H3. The number of alkyl halides is 3. The van der Waals surface area contributed by atoms with Crippen molar-refractivity contribution in [1.29, 1.82) is 0 Å². The summed E-state index contributed by atoms with van der Waals surface area (Å²) in [5, 5.41) is 3.33. The van der Waals surface area contributed by atoms with Gasteiger partial charge in [-0.05, 0) is 30.2 Å². The van der Waals surface area contributed by atoms with Gasteiger partial charge in [-0.25, -0.2) is 0 Å². The monoisotopic (exact) mass is 306 g/mol. The number of nitrogens with zero attached hydrogens (tertiary/aromatic N) is 1. The van der Waals surface area contributed by atoms with E-state index in [1.807, 2.05) is 12.1 Å². The van der Waals surface area contributed by atoms with E-state index in [2.05, 4.69) is 24.1 Å². The van der Waals surface area contributed by atoms with Gasteiger partial charge in [-0.2, -0.15) is 13.2 Å². The van der Waals surface area contributed by atoms with Crippen molar-refractivity contribution in [2.45, 2.75) is 25.9 Å². The first kappa shape index (κ1) is 14.9. The van der Waals surface area contributed by atoms with Crippen molar-refractivity contribution >= 4 is 5.69 Å². The quantitative estimate of drug-likeness (QED) is 0.850. The highest BCUT2D eigenvalue weighted by Crippen LogP contribution is 2.36. The summed E-state index contributed by atoms with van der Waals surface area (Å²) < 4.78 is 37.9. The first-order valence-corrected chi connectivity index (χ1v) is 7.28. The molecule has 0 bridgehead atoms. The molecule has 0 radical (unpaired) electrons. The lowest BCUT2D eigenvalue weighted by atomic mass is 9.93. The van der Waals surface area contributed by atoms with Gasteiger partial charge in [-0.1, -0.05) is 26.0 Å². The second-order valence-electron chi connectivity index (χ2n) is 5.94. The lowest BCUT2D eigenvalue weighted by Crippen LogP contribution is -2.09. The lowest BCUT2D eigenvalue weighted by Gasteiger charge is -2.14. The van der Waals surface area contributed by atoms with Gasteiger partial charge in [0.1, 0.15) is 0 Å². The largest absolute Gasteiger partial charge is 0.416 e. The molecule has 2 aromatic rings. The number of rotatable bonds is 2. The van der Waals surface area contributed by atoms with Crippen molar-refractivity contribution < 1.29 is 13.2 Å². The predicted octanol–water partition coefficient (Wildman–Crippen LogP) is 4.93. The molecule has 0 amide bonds. The minimum atomic E-state index is -4.31. The Balaban J connectivity index is 1.95. The zero-order valence-corrected chi connectivity index (χ0v) is 12.4. The summed E-state index contributed by atoms with van der Waals surface area (Å²) in [5.41, 5.74) is 2.80. The molecule has 1 unspecified atom stereocenters. The van der Waals surface area contributed by atoms with Crippen LogP contribution in [0.4, 0.5) is 18.9 Å². The minimum absolute atomic E-state index is 0.337. The molecule has 1 aromatic carbocycles. The van der Waals surface area contributed by atoms with Gasteiger partial charge in [0.05, 0.1) is 22.6 Å². The molecule has 22 heavy (non-hydrogen) atoms. The van der Waals surface area contributed by atoms with Gasteiger partial charge in [0.25, 0.3) is 0 Å². The van der Waals surface area contributed by atoms with E-state index >= 15 is 0 Å². The fourth-order valence-electron chi connectivity index (χ4n) is 2.77. The van der Waals surface area contributed by atoms with E-state index in [1.165, 1.54) is 12.1 Å². The molecule has 2 nitrogen and oxygen atoms in total. The molecule has 116 valence electrons. The highest BCUT2D eigenvalue weighted by molar-refractivity contribution is 5.65. The van der Waals surface area contributed by atoms with Crippen LogP contribution in [0, 0.1) is 5.92 Å². The number of hydrogen-bond acceptors (Lipinski definition) is 2. The smallest absolute Gasteiger partial charge is 0.383 e. The van der Waals surface area contributed by atoms with E-state index < -0.39 is 11.7 Å². The van der Waals surface area contributed by atoms with Crippen LogP contribution in [0.2, 0.25) is 0 Å². The third-order valence-corrected chi connectivity index (χ3v) is 4.10. The predicted molar refractivity (Wildman–Crippen MR) is 80.7 cm³/mol. The van der Waals surface area contributed by atoms with Crippen LogP contribution in [0.25, 0.3) is 11.3 Å². The highest BCUT2D eigenvalue weighted by Gasteiger charge is 2.30. The summed E-state index contributed by atoms with van der Waals surface area (Å²) >= 11 is 0. The van der Waals surface area contributed by atoms with E-state index in [0.29, 0.717) is 23.1 Å². The summed E-state index contributed by atoms with van der Waals surface area (Å²) in [6, 6.07) is 8.95. The Bertz CT molecular complexity index is 675. The number of halogens is 3. The Morgan fingerprint density at radius 1 is 1.09 bits per heavy atom. The van der Waals surface area contributed by atoms with Crippen molar-refractivity contribution in [2.24, 2.45) is 5.92 Å². The maximum Gasteiger partial charge on any atom is 0.416 e. The van der Waals surface area contributed by atoms with E-state index in [0.717, 1.165) is 30.1 Å². The van der Waals surface area contributed by atoms with Gasteiger partial charge < -0.3 is 5.32 Å². The number of pyridine rings is 1. The Morgan fingerprint density at radius 3 is 2.36 bits per heavy atom. The average Bonchev–Trinajstić information content (AvgIpc) is 2.89. The summed E-state index contributed by atoms with van der Waals surface area (Å²) in [6.45, 7) is 5.15. The average molecular weight is 306 g/mol. The van der Waals surface area contributed by atoms with E-state index in [-0.39, 0.29) is 0 Å². The van der Waals surface area contributed by atoms with Crippen LogP contribution >= 0.6 is 0 Å². The molecule has 1 aliphatic rings. The van der Waals surface area contributed by atoms with Crippen molar-refractivity contribution in [3.63, 3.8) is 0 Å². The number of benzene rings is 1. The molecule has 0 spiro atoms. The normalized spacial score (nSPS) is 17.5. The summed E-state index contributed by atoms with van der Waals surface area (Å²) in [5.74, 6) is 0.800. The molecular formula is C17H17F3N2. The topological polar surface area (TPSA) is 24.9 Å². The number of aromatic nitrogens is 1. The molecule has 2 heterocycles. The van der Waals surface area contributed by atoms with E-state index in [1.54, 1.807) is 0 Å². The van der Waals surface area contributed by atoms with Gasteiger partial charge in [0.15, 0.2) is 0 Å². The fraction of sp³-hybridized carbons (Fsp3) is 0.353. The summed E-state index contributed by atoms with van der Waals surface area (Å²) in [6.07, 6.45) is -4.31. The van der Waals surface area contributed by atoms with Crippen LogP contribution in [0.1, 0.15) is 31.0 Å². The fourth-order valence-corrected chi connectivity index (χ4v) is 2.77. The number of nitrogens with one attached hydrogen (secondary N) is 1. The maximum atomic E-state index is 12.6. The molecule has 0 fully saturated rings. The van der Waals surface area contributed by atoms with Gasteiger partial charge in [-0.15, -0.1) is 0 Å². The zero-order chi connectivity index (χ0) is 15.9. The number of hydrogen-bond donors (Lipinski definition) is 1. The molecule has 0 saturated heterocycles. The zero-order valence-electron chi connectivity index (χ0n) is 12.4. The van der Waals surface area contributed by atoms with Gasteiger partial charge in [0, 0.05) is 18.0 Å². The molecule has 3 rings (SSSR count). The highest BCUT2D eigenvalue weighted by atomic mass is 19.4. The van der Waals surface area contributed by atoms with Crippen LogP contribution < -0.4 is 5.32 Å². The maximum absolute atomic E-state index is 12.6. The van der Waals surface area contributed by atoms with Crippen molar-refractivity contribution in [1.82, 2.24) is 4.98 Å². The van der Waals surface area contributed by atoms with E-state index in [4.69, 9.17) is 0 Å². The molecule has 0 saturated carbocycles. The Hall–Kier alpha value is -2.04. The molecule has 0 aliphatic carbocycles. The molecule has 1 N–H and O–H groups in total. The molecule has 1 atom stereocenters. The molecule has 1 aliphatic heterocycles. The third-order valence-electron chi connectivity index (χ3n) is 4.10. The van der Waals surface area contributed by atoms with E-state index in [9.17, 15) is 13.2 Å². The SMILES string of the molecule is CC(C)C1CNc2ccc(-c3ccc(C(F)(F)F)cc3)nc21. The third kappa shape index (κ3) is 2.67. The first-order valence-electron chi connectivity index (χ1n) is 7.28. The van der Waals surface area contributed by atoms with Crippen molar-refractivity contribution in [3.8, 4) is 11.3 Å². The van der Waals surface area contributed by atoms with Crippen LogP contribution in [-0.4, -0.2) is 11.5 Å². The summed E-state index contributed by atoms with van der Waals surface area (Å²) in [7, 11) is 0. The van der Waals surface area contributed by atoms with Crippen LogP contribution in [0.3, 0.4) is 0 Å².